The molecule has 21 heavy (non-hydrogen) atoms. The second-order valence-electron chi connectivity index (χ2n) is 4.70. The first-order valence-electron chi connectivity index (χ1n) is 6.98. The summed E-state index contributed by atoms with van der Waals surface area (Å²) in [5, 5.41) is 3.01. The summed E-state index contributed by atoms with van der Waals surface area (Å²) in [4.78, 5) is 0. The van der Waals surface area contributed by atoms with Crippen molar-refractivity contribution in [2.75, 3.05) is 20.3 Å². The van der Waals surface area contributed by atoms with E-state index in [-0.39, 0.29) is 11.9 Å². The highest BCUT2D eigenvalue weighted by molar-refractivity contribution is 5.30. The fraction of sp³-hybridized carbons (Fsp3) is 0.294. The standard InChI is InChI=1S/C17H20FNO2/c1-13(19-2)16-9-8-15(12-17(16)18)21-11-10-20-14-6-4-3-5-7-14/h3-9,12-13,19H,10-11H2,1-2H3. The Bertz CT molecular complexity index is 560. The molecule has 0 spiro atoms. The SMILES string of the molecule is CNC(C)c1ccc(OCCOc2ccccc2)cc1F. The van der Waals surface area contributed by atoms with E-state index in [1.165, 1.54) is 6.07 Å². The lowest BCUT2D eigenvalue weighted by Crippen LogP contribution is -2.14. The molecule has 0 fully saturated rings. The first kappa shape index (κ1) is 15.3. The highest BCUT2D eigenvalue weighted by atomic mass is 19.1. The van der Waals surface area contributed by atoms with Crippen LogP contribution < -0.4 is 14.8 Å². The van der Waals surface area contributed by atoms with Crippen molar-refractivity contribution in [3.05, 3.63) is 59.9 Å². The largest absolute Gasteiger partial charge is 0.490 e. The third-order valence-electron chi connectivity index (χ3n) is 3.24. The molecular formula is C17H20FNO2. The maximum atomic E-state index is 13.9. The molecule has 1 N–H and O–H groups in total. The summed E-state index contributed by atoms with van der Waals surface area (Å²) in [6.07, 6.45) is 0. The van der Waals surface area contributed by atoms with Gasteiger partial charge in [-0.3, -0.25) is 0 Å². The Morgan fingerprint density at radius 3 is 2.29 bits per heavy atom. The fourth-order valence-electron chi connectivity index (χ4n) is 1.94. The highest BCUT2D eigenvalue weighted by Gasteiger charge is 2.09. The van der Waals surface area contributed by atoms with Gasteiger partial charge in [0.25, 0.3) is 0 Å². The fourth-order valence-corrected chi connectivity index (χ4v) is 1.94. The molecule has 0 saturated heterocycles. The molecule has 0 amide bonds. The number of hydrogen-bond acceptors (Lipinski definition) is 3. The Labute approximate surface area is 124 Å². The van der Waals surface area contributed by atoms with Gasteiger partial charge in [-0.2, -0.15) is 0 Å². The van der Waals surface area contributed by atoms with Crippen molar-refractivity contribution in [1.82, 2.24) is 5.32 Å². The zero-order chi connectivity index (χ0) is 15.1. The Hall–Kier alpha value is -2.07. The molecule has 0 heterocycles. The summed E-state index contributed by atoms with van der Waals surface area (Å²) in [6, 6.07) is 14.4. The molecule has 0 saturated carbocycles. The van der Waals surface area contributed by atoms with Crippen LogP contribution in [-0.2, 0) is 0 Å². The van der Waals surface area contributed by atoms with Crippen LogP contribution >= 0.6 is 0 Å². The molecule has 0 radical (unpaired) electrons. The second kappa shape index (κ2) is 7.64. The summed E-state index contributed by atoms with van der Waals surface area (Å²) in [6.45, 7) is 2.70. The number of hydrogen-bond donors (Lipinski definition) is 1. The Kier molecular flexibility index (Phi) is 5.58. The Balaban J connectivity index is 1.82. The van der Waals surface area contributed by atoms with Crippen LogP contribution in [0, 0.1) is 5.82 Å². The van der Waals surface area contributed by atoms with E-state index < -0.39 is 0 Å². The molecular weight excluding hydrogens is 269 g/mol. The van der Waals surface area contributed by atoms with Crippen LogP contribution in [0.25, 0.3) is 0 Å². The van der Waals surface area contributed by atoms with E-state index in [1.807, 2.05) is 37.3 Å². The van der Waals surface area contributed by atoms with Gasteiger partial charge in [0.05, 0.1) is 0 Å². The molecule has 2 aromatic rings. The zero-order valence-corrected chi connectivity index (χ0v) is 12.3. The molecule has 112 valence electrons. The van der Waals surface area contributed by atoms with Gasteiger partial charge in [-0.15, -0.1) is 0 Å². The zero-order valence-electron chi connectivity index (χ0n) is 12.3. The molecule has 0 aliphatic rings. The van der Waals surface area contributed by atoms with Crippen LogP contribution in [0.4, 0.5) is 4.39 Å². The topological polar surface area (TPSA) is 30.5 Å². The van der Waals surface area contributed by atoms with Gasteiger partial charge in [0.1, 0.15) is 30.5 Å². The number of para-hydroxylation sites is 1. The number of benzene rings is 2. The first-order valence-corrected chi connectivity index (χ1v) is 6.98. The van der Waals surface area contributed by atoms with Gasteiger partial charge in [-0.25, -0.2) is 4.39 Å². The molecule has 2 rings (SSSR count). The monoisotopic (exact) mass is 289 g/mol. The summed E-state index contributed by atoms with van der Waals surface area (Å²) in [5.74, 6) is 1.04. The van der Waals surface area contributed by atoms with Crippen LogP contribution in [0.15, 0.2) is 48.5 Å². The van der Waals surface area contributed by atoms with Gasteiger partial charge in [-0.1, -0.05) is 24.3 Å². The van der Waals surface area contributed by atoms with E-state index >= 15 is 0 Å². The van der Waals surface area contributed by atoms with Crippen molar-refractivity contribution in [3.63, 3.8) is 0 Å². The van der Waals surface area contributed by atoms with Crippen molar-refractivity contribution in [1.29, 1.82) is 0 Å². The molecule has 3 nitrogen and oxygen atoms in total. The van der Waals surface area contributed by atoms with E-state index in [0.717, 1.165) is 5.75 Å². The number of ether oxygens (including phenoxy) is 2. The first-order chi connectivity index (χ1) is 10.2. The second-order valence-corrected chi connectivity index (χ2v) is 4.70. The average Bonchev–Trinajstić information content (AvgIpc) is 2.52. The minimum Gasteiger partial charge on any atom is -0.490 e. The minimum absolute atomic E-state index is 0.0273. The predicted molar refractivity (Wildman–Crippen MR) is 81.3 cm³/mol. The smallest absolute Gasteiger partial charge is 0.131 e. The van der Waals surface area contributed by atoms with Gasteiger partial charge < -0.3 is 14.8 Å². The van der Waals surface area contributed by atoms with Gasteiger partial charge in [0.15, 0.2) is 0 Å². The number of rotatable bonds is 7. The van der Waals surface area contributed by atoms with Gasteiger partial charge >= 0.3 is 0 Å². The molecule has 1 unspecified atom stereocenters. The molecule has 0 bridgehead atoms. The molecule has 2 aromatic carbocycles. The quantitative estimate of drug-likeness (QED) is 0.791. The van der Waals surface area contributed by atoms with Crippen molar-refractivity contribution < 1.29 is 13.9 Å². The van der Waals surface area contributed by atoms with Crippen molar-refractivity contribution in [2.45, 2.75) is 13.0 Å². The molecule has 0 aliphatic heterocycles. The van der Waals surface area contributed by atoms with Gasteiger partial charge in [0, 0.05) is 17.7 Å². The van der Waals surface area contributed by atoms with Crippen LogP contribution in [0.5, 0.6) is 11.5 Å². The Morgan fingerprint density at radius 1 is 1.00 bits per heavy atom. The average molecular weight is 289 g/mol. The van der Waals surface area contributed by atoms with Crippen molar-refractivity contribution in [2.24, 2.45) is 0 Å². The number of halogens is 1. The summed E-state index contributed by atoms with van der Waals surface area (Å²) in [5.41, 5.74) is 0.630. The number of nitrogens with one attached hydrogen (secondary N) is 1. The maximum Gasteiger partial charge on any atom is 0.131 e. The van der Waals surface area contributed by atoms with Crippen molar-refractivity contribution >= 4 is 0 Å². The minimum atomic E-state index is -0.265. The Morgan fingerprint density at radius 2 is 1.67 bits per heavy atom. The lowest BCUT2D eigenvalue weighted by molar-refractivity contribution is 0.216. The maximum absolute atomic E-state index is 13.9. The molecule has 1 atom stereocenters. The third kappa shape index (κ3) is 4.46. The summed E-state index contributed by atoms with van der Waals surface area (Å²) in [7, 11) is 1.80. The van der Waals surface area contributed by atoms with Crippen LogP contribution in [-0.4, -0.2) is 20.3 Å². The lowest BCUT2D eigenvalue weighted by atomic mass is 10.1. The molecule has 0 aliphatic carbocycles. The summed E-state index contributed by atoms with van der Waals surface area (Å²) < 4.78 is 24.9. The van der Waals surface area contributed by atoms with Gasteiger partial charge in [-0.05, 0) is 32.2 Å². The van der Waals surface area contributed by atoms with E-state index in [4.69, 9.17) is 9.47 Å². The normalized spacial score (nSPS) is 12.0. The predicted octanol–water partition coefficient (Wildman–Crippen LogP) is 3.56. The highest BCUT2D eigenvalue weighted by Crippen LogP contribution is 2.21. The van der Waals surface area contributed by atoms with E-state index in [9.17, 15) is 4.39 Å². The third-order valence-corrected chi connectivity index (χ3v) is 3.24. The van der Waals surface area contributed by atoms with E-state index in [1.54, 1.807) is 19.2 Å². The lowest BCUT2D eigenvalue weighted by Gasteiger charge is -2.13. The molecule has 0 aromatic heterocycles. The van der Waals surface area contributed by atoms with Crippen LogP contribution in [0.1, 0.15) is 18.5 Å². The van der Waals surface area contributed by atoms with E-state index in [2.05, 4.69) is 5.32 Å². The van der Waals surface area contributed by atoms with Crippen LogP contribution in [0.2, 0.25) is 0 Å². The molecule has 4 heteroatoms. The van der Waals surface area contributed by atoms with Gasteiger partial charge in [0.2, 0.25) is 0 Å². The van der Waals surface area contributed by atoms with Crippen molar-refractivity contribution in [3.8, 4) is 11.5 Å². The summed E-state index contributed by atoms with van der Waals surface area (Å²) >= 11 is 0. The van der Waals surface area contributed by atoms with Crippen LogP contribution in [0.3, 0.4) is 0 Å². The van der Waals surface area contributed by atoms with E-state index in [0.29, 0.717) is 24.5 Å².